The fourth-order valence-corrected chi connectivity index (χ4v) is 3.63. The highest BCUT2D eigenvalue weighted by Gasteiger charge is 2.25. The maximum absolute atomic E-state index is 12.8. The van der Waals surface area contributed by atoms with Gasteiger partial charge in [-0.1, -0.05) is 58.4 Å². The van der Waals surface area contributed by atoms with Crippen molar-refractivity contribution in [2.24, 2.45) is 0 Å². The third-order valence-corrected chi connectivity index (χ3v) is 5.53. The summed E-state index contributed by atoms with van der Waals surface area (Å²) in [5.74, 6) is 0.899. The largest absolute Gasteiger partial charge is 0.357 e. The van der Waals surface area contributed by atoms with Crippen molar-refractivity contribution in [1.82, 2.24) is 10.2 Å². The molecule has 2 aromatic rings. The van der Waals surface area contributed by atoms with E-state index >= 15 is 0 Å². The van der Waals surface area contributed by atoms with Crippen LogP contribution >= 0.6 is 27.7 Å². The normalized spacial score (nSPS) is 11.7. The number of carbonyl (C=O) groups is 2. The Balaban J connectivity index is 1.99. The summed E-state index contributed by atoms with van der Waals surface area (Å²) in [6.07, 6.45) is 0. The number of likely N-dealkylation sites (N-methyl/N-ethyl adjacent to an activating group) is 1. The number of carbonyl (C=O) groups excluding carboxylic acids is 2. The van der Waals surface area contributed by atoms with Crippen molar-refractivity contribution >= 4 is 39.5 Å². The van der Waals surface area contributed by atoms with Crippen molar-refractivity contribution in [2.45, 2.75) is 25.3 Å². The van der Waals surface area contributed by atoms with Crippen molar-refractivity contribution in [3.63, 3.8) is 0 Å². The zero-order chi connectivity index (χ0) is 18.9. The van der Waals surface area contributed by atoms with Gasteiger partial charge in [0.1, 0.15) is 6.04 Å². The topological polar surface area (TPSA) is 49.4 Å². The van der Waals surface area contributed by atoms with Crippen LogP contribution in [0.1, 0.15) is 18.1 Å². The van der Waals surface area contributed by atoms with Gasteiger partial charge in [0.05, 0.1) is 5.75 Å². The van der Waals surface area contributed by atoms with Gasteiger partial charge in [0.15, 0.2) is 0 Å². The first-order chi connectivity index (χ1) is 12.5. The third kappa shape index (κ3) is 6.18. The maximum Gasteiger partial charge on any atom is 0.242 e. The SMILES string of the molecule is CNC(=O)C(C)N(Cc1ccccc1)C(=O)CSCc1ccc(Br)cc1. The molecule has 2 aromatic carbocycles. The summed E-state index contributed by atoms with van der Waals surface area (Å²) in [6, 6.07) is 17.3. The standard InChI is InChI=1S/C20H23BrN2O2S/c1-15(20(25)22-2)23(12-16-6-4-3-5-7-16)19(24)14-26-13-17-8-10-18(21)11-9-17/h3-11,15H,12-14H2,1-2H3,(H,22,25). The Labute approximate surface area is 167 Å². The van der Waals surface area contributed by atoms with Crippen molar-refractivity contribution in [3.05, 3.63) is 70.2 Å². The average Bonchev–Trinajstić information content (AvgIpc) is 2.67. The summed E-state index contributed by atoms with van der Waals surface area (Å²) in [5.41, 5.74) is 2.18. The van der Waals surface area contributed by atoms with Crippen LogP contribution in [0.5, 0.6) is 0 Å². The number of halogens is 1. The Morgan fingerprint density at radius 1 is 1.08 bits per heavy atom. The Kier molecular flexibility index (Phi) is 8.19. The number of amides is 2. The highest BCUT2D eigenvalue weighted by molar-refractivity contribution is 9.10. The molecule has 0 saturated carbocycles. The molecule has 4 nitrogen and oxygen atoms in total. The molecule has 0 heterocycles. The summed E-state index contributed by atoms with van der Waals surface area (Å²) in [5, 5.41) is 2.63. The summed E-state index contributed by atoms with van der Waals surface area (Å²) < 4.78 is 1.04. The Morgan fingerprint density at radius 3 is 2.35 bits per heavy atom. The zero-order valence-electron chi connectivity index (χ0n) is 14.9. The number of benzene rings is 2. The van der Waals surface area contributed by atoms with Crippen LogP contribution in [0.15, 0.2) is 59.1 Å². The number of hydrogen-bond acceptors (Lipinski definition) is 3. The van der Waals surface area contributed by atoms with Crippen LogP contribution in [0.2, 0.25) is 0 Å². The molecule has 138 valence electrons. The molecule has 0 aliphatic rings. The van der Waals surface area contributed by atoms with E-state index in [0.717, 1.165) is 15.8 Å². The predicted octanol–water partition coefficient (Wildman–Crippen LogP) is 3.85. The monoisotopic (exact) mass is 434 g/mol. The quantitative estimate of drug-likeness (QED) is 0.686. The number of thioether (sulfide) groups is 1. The molecule has 1 N–H and O–H groups in total. The van der Waals surface area contributed by atoms with Gasteiger partial charge in [-0.2, -0.15) is 0 Å². The highest BCUT2D eigenvalue weighted by Crippen LogP contribution is 2.18. The van der Waals surface area contributed by atoms with Gasteiger partial charge in [0.25, 0.3) is 0 Å². The molecule has 1 atom stereocenters. The summed E-state index contributed by atoms with van der Waals surface area (Å²) in [4.78, 5) is 26.5. The van der Waals surface area contributed by atoms with E-state index in [1.165, 1.54) is 5.56 Å². The van der Waals surface area contributed by atoms with Crippen LogP contribution in [0.4, 0.5) is 0 Å². The summed E-state index contributed by atoms with van der Waals surface area (Å²) >= 11 is 4.98. The number of nitrogens with one attached hydrogen (secondary N) is 1. The lowest BCUT2D eigenvalue weighted by Crippen LogP contribution is -2.47. The fraction of sp³-hybridized carbons (Fsp3) is 0.300. The van der Waals surface area contributed by atoms with Crippen molar-refractivity contribution in [1.29, 1.82) is 0 Å². The smallest absolute Gasteiger partial charge is 0.242 e. The van der Waals surface area contributed by atoms with E-state index < -0.39 is 6.04 Å². The van der Waals surface area contributed by atoms with Crippen LogP contribution in [0.3, 0.4) is 0 Å². The van der Waals surface area contributed by atoms with Crippen molar-refractivity contribution in [3.8, 4) is 0 Å². The summed E-state index contributed by atoms with van der Waals surface area (Å²) in [6.45, 7) is 2.19. The van der Waals surface area contributed by atoms with Crippen molar-refractivity contribution < 1.29 is 9.59 Å². The molecule has 1 unspecified atom stereocenters. The van der Waals surface area contributed by atoms with E-state index in [0.29, 0.717) is 12.3 Å². The van der Waals surface area contributed by atoms with E-state index in [4.69, 9.17) is 0 Å². The molecule has 0 radical (unpaired) electrons. The van der Waals surface area contributed by atoms with E-state index in [1.54, 1.807) is 30.6 Å². The van der Waals surface area contributed by atoms with Crippen LogP contribution < -0.4 is 5.32 Å². The lowest BCUT2D eigenvalue weighted by atomic mass is 10.1. The minimum Gasteiger partial charge on any atom is -0.357 e. The van der Waals surface area contributed by atoms with Gasteiger partial charge in [-0.3, -0.25) is 9.59 Å². The molecular formula is C20H23BrN2O2S. The van der Waals surface area contributed by atoms with E-state index in [2.05, 4.69) is 21.2 Å². The van der Waals surface area contributed by atoms with E-state index in [1.807, 2.05) is 54.6 Å². The van der Waals surface area contributed by atoms with Gasteiger partial charge in [0.2, 0.25) is 11.8 Å². The average molecular weight is 435 g/mol. The number of rotatable bonds is 8. The van der Waals surface area contributed by atoms with Gasteiger partial charge >= 0.3 is 0 Å². The minimum atomic E-state index is -0.513. The first-order valence-electron chi connectivity index (χ1n) is 8.38. The van der Waals surface area contributed by atoms with Crippen LogP contribution in [0.25, 0.3) is 0 Å². The van der Waals surface area contributed by atoms with Crippen LogP contribution in [0, 0.1) is 0 Å². The van der Waals surface area contributed by atoms with Gasteiger partial charge in [0, 0.05) is 23.8 Å². The molecule has 26 heavy (non-hydrogen) atoms. The lowest BCUT2D eigenvalue weighted by Gasteiger charge is -2.28. The second kappa shape index (κ2) is 10.4. The lowest BCUT2D eigenvalue weighted by molar-refractivity contribution is -0.138. The predicted molar refractivity (Wildman–Crippen MR) is 111 cm³/mol. The third-order valence-electron chi connectivity index (χ3n) is 4.02. The second-order valence-corrected chi connectivity index (χ2v) is 7.82. The Bertz CT molecular complexity index is 722. The molecule has 0 bridgehead atoms. The van der Waals surface area contributed by atoms with Gasteiger partial charge < -0.3 is 10.2 Å². The molecule has 0 aromatic heterocycles. The molecule has 0 saturated heterocycles. The first kappa shape index (κ1) is 20.5. The Hall–Kier alpha value is -1.79. The van der Waals surface area contributed by atoms with Crippen LogP contribution in [-0.4, -0.2) is 35.6 Å². The second-order valence-electron chi connectivity index (χ2n) is 5.92. The molecule has 2 rings (SSSR count). The molecular weight excluding hydrogens is 412 g/mol. The highest BCUT2D eigenvalue weighted by atomic mass is 79.9. The van der Waals surface area contributed by atoms with Gasteiger partial charge in [-0.15, -0.1) is 11.8 Å². The first-order valence-corrected chi connectivity index (χ1v) is 10.3. The minimum absolute atomic E-state index is 0.0351. The number of hydrogen-bond donors (Lipinski definition) is 1. The van der Waals surface area contributed by atoms with E-state index in [-0.39, 0.29) is 11.8 Å². The van der Waals surface area contributed by atoms with Gasteiger partial charge in [-0.25, -0.2) is 0 Å². The van der Waals surface area contributed by atoms with Gasteiger partial charge in [-0.05, 0) is 30.2 Å². The summed E-state index contributed by atoms with van der Waals surface area (Å²) in [7, 11) is 1.59. The molecule has 0 aliphatic carbocycles. The molecule has 2 amide bonds. The molecule has 0 fully saturated rings. The number of nitrogens with zero attached hydrogens (tertiary/aromatic N) is 1. The maximum atomic E-state index is 12.8. The van der Waals surface area contributed by atoms with Crippen LogP contribution in [-0.2, 0) is 21.9 Å². The fourth-order valence-electron chi connectivity index (χ4n) is 2.49. The molecule has 0 aliphatic heterocycles. The van der Waals surface area contributed by atoms with Crippen molar-refractivity contribution in [2.75, 3.05) is 12.8 Å². The molecule has 6 heteroatoms. The molecule has 0 spiro atoms. The Morgan fingerprint density at radius 2 is 1.73 bits per heavy atom. The zero-order valence-corrected chi connectivity index (χ0v) is 17.3. The van der Waals surface area contributed by atoms with E-state index in [9.17, 15) is 9.59 Å².